The van der Waals surface area contributed by atoms with E-state index in [1.54, 1.807) is 0 Å². The molecule has 0 saturated heterocycles. The first kappa shape index (κ1) is 61.8. The molecular formula is C56H106NO7+. The van der Waals surface area contributed by atoms with Gasteiger partial charge in [0.25, 0.3) is 0 Å². The smallest absolute Gasteiger partial charge is 0.362 e. The quantitative estimate of drug-likeness (QED) is 0.0281. The Morgan fingerprint density at radius 3 is 1.20 bits per heavy atom. The third-order valence-corrected chi connectivity index (χ3v) is 12.6. The number of carbonyl (C=O) groups excluding carboxylic acids is 2. The predicted octanol–water partition coefficient (Wildman–Crippen LogP) is 16.0. The fourth-order valence-corrected chi connectivity index (χ4v) is 8.36. The first-order valence-electron chi connectivity index (χ1n) is 27.4. The number of ether oxygens (including phenoxy) is 3. The summed E-state index contributed by atoms with van der Waals surface area (Å²) < 4.78 is 17.4. The van der Waals surface area contributed by atoms with Gasteiger partial charge in [-0.25, -0.2) is 4.79 Å². The summed E-state index contributed by atoms with van der Waals surface area (Å²) in [6, 6.07) is -0.613. The van der Waals surface area contributed by atoms with Crippen molar-refractivity contribution in [3.8, 4) is 0 Å². The minimum atomic E-state index is -0.872. The number of carboxylic acid groups (broad SMARTS) is 1. The molecule has 0 fully saturated rings. The average Bonchev–Trinajstić information content (AvgIpc) is 3.26. The van der Waals surface area contributed by atoms with Gasteiger partial charge in [0.1, 0.15) is 6.61 Å². The van der Waals surface area contributed by atoms with Gasteiger partial charge in [-0.2, -0.15) is 0 Å². The van der Waals surface area contributed by atoms with E-state index in [9.17, 15) is 19.5 Å². The molecule has 8 heteroatoms. The molecule has 0 aliphatic heterocycles. The minimum absolute atomic E-state index is 0.0473. The van der Waals surface area contributed by atoms with Crippen molar-refractivity contribution in [2.24, 2.45) is 0 Å². The fraction of sp³-hybridized carbons (Fsp3) is 0.875. The van der Waals surface area contributed by atoms with Crippen LogP contribution in [0.15, 0.2) is 24.3 Å². The van der Waals surface area contributed by atoms with Crippen molar-refractivity contribution in [3.05, 3.63) is 24.3 Å². The number of nitrogens with zero attached hydrogens (tertiary/aromatic N) is 1. The van der Waals surface area contributed by atoms with Crippen LogP contribution in [0, 0.1) is 0 Å². The van der Waals surface area contributed by atoms with Crippen LogP contribution in [0.25, 0.3) is 0 Å². The fourth-order valence-electron chi connectivity index (χ4n) is 8.36. The van der Waals surface area contributed by atoms with Crippen molar-refractivity contribution in [1.82, 2.24) is 0 Å². The van der Waals surface area contributed by atoms with Crippen LogP contribution in [0.3, 0.4) is 0 Å². The number of unbranched alkanes of at least 4 members (excludes halogenated alkanes) is 32. The van der Waals surface area contributed by atoms with Crippen molar-refractivity contribution in [1.29, 1.82) is 0 Å². The van der Waals surface area contributed by atoms with Gasteiger partial charge in [-0.3, -0.25) is 9.59 Å². The molecule has 0 heterocycles. The number of allylic oxidation sites excluding steroid dienone is 4. The Morgan fingerprint density at radius 2 is 0.828 bits per heavy atom. The molecule has 0 amide bonds. The van der Waals surface area contributed by atoms with Crippen LogP contribution in [-0.4, -0.2) is 80.6 Å². The van der Waals surface area contributed by atoms with Crippen LogP contribution >= 0.6 is 0 Å². The highest BCUT2D eigenvalue weighted by molar-refractivity contribution is 5.72. The Bertz CT molecular complexity index is 1100. The Hall–Kier alpha value is -2.19. The highest BCUT2D eigenvalue weighted by Crippen LogP contribution is 2.17. The second kappa shape index (κ2) is 47.3. The summed E-state index contributed by atoms with van der Waals surface area (Å²) in [6.07, 6.45) is 55.1. The van der Waals surface area contributed by atoms with Gasteiger partial charge in [-0.05, 0) is 44.9 Å². The number of carboxylic acids is 1. The van der Waals surface area contributed by atoms with Gasteiger partial charge in [0.15, 0.2) is 12.1 Å². The zero-order valence-corrected chi connectivity index (χ0v) is 43.0. The molecule has 0 saturated carbocycles. The van der Waals surface area contributed by atoms with E-state index < -0.39 is 18.1 Å². The van der Waals surface area contributed by atoms with E-state index in [2.05, 4.69) is 38.2 Å². The lowest BCUT2D eigenvalue weighted by Crippen LogP contribution is -2.50. The van der Waals surface area contributed by atoms with Crippen LogP contribution in [0.2, 0.25) is 0 Å². The molecule has 0 spiro atoms. The molecule has 0 aromatic heterocycles. The maximum absolute atomic E-state index is 12.8. The topological polar surface area (TPSA) is 99.1 Å². The largest absolute Gasteiger partial charge is 0.477 e. The number of aliphatic carboxylic acids is 1. The van der Waals surface area contributed by atoms with E-state index in [4.69, 9.17) is 14.2 Å². The molecule has 0 aliphatic carbocycles. The van der Waals surface area contributed by atoms with Crippen LogP contribution < -0.4 is 0 Å². The van der Waals surface area contributed by atoms with E-state index in [0.717, 1.165) is 44.9 Å². The van der Waals surface area contributed by atoms with E-state index in [0.29, 0.717) is 19.3 Å². The van der Waals surface area contributed by atoms with Gasteiger partial charge in [0.2, 0.25) is 0 Å². The summed E-state index contributed by atoms with van der Waals surface area (Å²) in [5.41, 5.74) is 0. The minimum Gasteiger partial charge on any atom is -0.477 e. The van der Waals surface area contributed by atoms with E-state index in [-0.39, 0.29) is 36.2 Å². The number of esters is 2. The first-order chi connectivity index (χ1) is 31.1. The molecule has 0 rings (SSSR count). The molecule has 0 aromatic rings. The highest BCUT2D eigenvalue weighted by Gasteiger charge is 2.31. The number of hydrogen-bond donors (Lipinski definition) is 1. The van der Waals surface area contributed by atoms with E-state index in [1.165, 1.54) is 186 Å². The molecular weight excluding hydrogens is 799 g/mol. The van der Waals surface area contributed by atoms with Crippen LogP contribution in [0.1, 0.15) is 264 Å². The summed E-state index contributed by atoms with van der Waals surface area (Å²) in [7, 11) is 5.55. The van der Waals surface area contributed by atoms with Crippen molar-refractivity contribution in [3.63, 3.8) is 0 Å². The van der Waals surface area contributed by atoms with Crippen molar-refractivity contribution < 1.29 is 38.2 Å². The van der Waals surface area contributed by atoms with Crippen molar-refractivity contribution in [2.45, 2.75) is 276 Å². The normalized spacial score (nSPS) is 13.0. The maximum atomic E-state index is 12.8. The number of quaternary nitrogens is 1. The van der Waals surface area contributed by atoms with Crippen LogP contribution in [0.5, 0.6) is 0 Å². The molecule has 2 atom stereocenters. The molecule has 376 valence electrons. The monoisotopic (exact) mass is 905 g/mol. The maximum Gasteiger partial charge on any atom is 0.362 e. The predicted molar refractivity (Wildman–Crippen MR) is 271 cm³/mol. The standard InChI is InChI=1S/C56H105NO7/c1-6-8-10-12-14-16-18-20-22-24-26-27-29-31-33-35-37-39-41-43-45-47-55(59)64-52(50-62-49-48-53(56(60)61)57(3,4)5)51-63-54(58)46-44-42-40-38-36-34-32-30-28-25-23-21-19-17-15-13-11-9-7-2/h18,20,24,26,52-53H,6-17,19,21-23,25,27-51H2,1-5H3/p+1/b20-18-,26-24-. The van der Waals surface area contributed by atoms with E-state index in [1.807, 2.05) is 21.1 Å². The lowest BCUT2D eigenvalue weighted by atomic mass is 10.0. The molecule has 0 radical (unpaired) electrons. The number of hydrogen-bond acceptors (Lipinski definition) is 6. The summed E-state index contributed by atoms with van der Waals surface area (Å²) in [5.74, 6) is -1.45. The van der Waals surface area contributed by atoms with Crippen molar-refractivity contribution >= 4 is 17.9 Å². The van der Waals surface area contributed by atoms with Gasteiger partial charge in [-0.1, -0.05) is 224 Å². The third-order valence-electron chi connectivity index (χ3n) is 12.6. The molecule has 0 aromatic carbocycles. The molecule has 64 heavy (non-hydrogen) atoms. The lowest BCUT2D eigenvalue weighted by molar-refractivity contribution is -0.887. The van der Waals surface area contributed by atoms with Gasteiger partial charge in [-0.15, -0.1) is 0 Å². The lowest BCUT2D eigenvalue weighted by Gasteiger charge is -2.31. The molecule has 0 bridgehead atoms. The number of rotatable bonds is 50. The van der Waals surface area contributed by atoms with Gasteiger partial charge in [0.05, 0.1) is 34.4 Å². The molecule has 8 nitrogen and oxygen atoms in total. The highest BCUT2D eigenvalue weighted by atomic mass is 16.6. The average molecular weight is 905 g/mol. The summed E-state index contributed by atoms with van der Waals surface area (Å²) in [6.45, 7) is 4.77. The second-order valence-electron chi connectivity index (χ2n) is 19.8. The first-order valence-corrected chi connectivity index (χ1v) is 27.4. The zero-order chi connectivity index (χ0) is 47.0. The SMILES string of the molecule is CCCCCCC/C=C\C/C=C\CCCCCCCCCCCC(=O)OC(COCCC(C(=O)O)[N+](C)(C)C)COC(=O)CCCCCCCCCCCCCCCCCCCCC. The Morgan fingerprint density at radius 1 is 0.469 bits per heavy atom. The summed E-state index contributed by atoms with van der Waals surface area (Å²) in [4.78, 5) is 37.2. The zero-order valence-electron chi connectivity index (χ0n) is 43.0. The Kier molecular flexibility index (Phi) is 45.7. The summed E-state index contributed by atoms with van der Waals surface area (Å²) in [5, 5.41) is 9.66. The molecule has 1 N–H and O–H groups in total. The number of likely N-dealkylation sites (N-methyl/N-ethyl adjacent to an activating group) is 1. The second-order valence-corrected chi connectivity index (χ2v) is 19.8. The number of carbonyl (C=O) groups is 3. The van der Waals surface area contributed by atoms with Gasteiger partial charge >= 0.3 is 17.9 Å². The van der Waals surface area contributed by atoms with E-state index >= 15 is 0 Å². The van der Waals surface area contributed by atoms with Gasteiger partial charge < -0.3 is 23.8 Å². The Labute approximate surface area is 396 Å². The molecule has 2 unspecified atom stereocenters. The van der Waals surface area contributed by atoms with Gasteiger partial charge in [0, 0.05) is 19.3 Å². The van der Waals surface area contributed by atoms with Crippen LogP contribution in [-0.2, 0) is 28.6 Å². The molecule has 0 aliphatic rings. The Balaban J connectivity index is 4.19. The van der Waals surface area contributed by atoms with Crippen molar-refractivity contribution in [2.75, 3.05) is 41.0 Å². The van der Waals surface area contributed by atoms with Crippen LogP contribution in [0.4, 0.5) is 0 Å². The summed E-state index contributed by atoms with van der Waals surface area (Å²) >= 11 is 0. The third kappa shape index (κ3) is 45.0.